The lowest BCUT2D eigenvalue weighted by Gasteiger charge is -2.60. The quantitative estimate of drug-likeness (QED) is 0.145. The number of aromatic nitrogens is 5. The number of nitriles is 1. The van der Waals surface area contributed by atoms with Crippen molar-refractivity contribution in [3.05, 3.63) is 60.3 Å². The van der Waals surface area contributed by atoms with E-state index >= 15 is 0 Å². The molecule has 0 aromatic carbocycles. The van der Waals surface area contributed by atoms with Gasteiger partial charge in [0.2, 0.25) is 5.88 Å². The third kappa shape index (κ3) is 5.23. The molecule has 16 heteroatoms. The van der Waals surface area contributed by atoms with E-state index < -0.39 is 17.7 Å². The van der Waals surface area contributed by atoms with Crippen LogP contribution >= 0.6 is 0 Å². The Labute approximate surface area is 259 Å². The van der Waals surface area contributed by atoms with Gasteiger partial charge in [-0.2, -0.15) is 10.4 Å². The number of morpholine rings is 1. The van der Waals surface area contributed by atoms with Crippen molar-refractivity contribution in [2.45, 2.75) is 36.2 Å². The first-order valence-corrected chi connectivity index (χ1v) is 14.4. The molecule has 0 amide bonds. The average Bonchev–Trinajstić information content (AvgIpc) is 3.47. The highest BCUT2D eigenvalue weighted by atomic mass is 16.6. The van der Waals surface area contributed by atoms with E-state index in [2.05, 4.69) is 36.3 Å². The highest BCUT2D eigenvalue weighted by Gasteiger charge is 2.54. The van der Waals surface area contributed by atoms with Gasteiger partial charge in [-0.15, -0.1) is 0 Å². The van der Waals surface area contributed by atoms with Crippen molar-refractivity contribution in [1.82, 2.24) is 34.8 Å². The molecule has 0 aliphatic carbocycles. The smallest absolute Gasteiger partial charge is 0.255 e. The van der Waals surface area contributed by atoms with Crippen molar-refractivity contribution < 1.29 is 29.5 Å². The summed E-state index contributed by atoms with van der Waals surface area (Å²) in [5.74, 6) is -0.978. The first-order chi connectivity index (χ1) is 21.7. The summed E-state index contributed by atoms with van der Waals surface area (Å²) in [6.45, 7) is 2.35. The Morgan fingerprint density at radius 2 is 1.93 bits per heavy atom. The van der Waals surface area contributed by atoms with Crippen molar-refractivity contribution in [2.75, 3.05) is 44.8 Å². The number of pyridine rings is 2. The summed E-state index contributed by atoms with van der Waals surface area (Å²) in [6, 6.07) is 6.70. The predicted octanol–water partition coefficient (Wildman–Crippen LogP) is -0.694. The number of nitrogens with zero attached hydrogens (tertiary/aromatic N) is 8. The lowest BCUT2D eigenvalue weighted by molar-refractivity contribution is -0.328. The largest absolute Gasteiger partial charge is 0.481 e. The third-order valence-corrected chi connectivity index (χ3v) is 8.50. The summed E-state index contributed by atoms with van der Waals surface area (Å²) in [5.41, 5.74) is -0.0980. The number of methoxy groups -OCH3 is 1. The molecule has 8 heterocycles. The molecular formula is C29H30BN9O6. The lowest BCUT2D eigenvalue weighted by Crippen LogP contribution is -2.74. The van der Waals surface area contributed by atoms with Gasteiger partial charge in [0.25, 0.3) is 5.91 Å². The SMILES string of the molecule is [B]C(O)(Oc1cc(-c2cnc(N3CC4CC(C3)N4C(O)(O)c3ccc(OC)nc3)cn2)c2c(C#N)cnn2c1)C1CNCCO1. The van der Waals surface area contributed by atoms with Gasteiger partial charge in [0.05, 0.1) is 55.3 Å². The Hall–Kier alpha value is -4.37. The molecular weight excluding hydrogens is 581 g/mol. The van der Waals surface area contributed by atoms with Crippen LogP contribution < -0.4 is 19.7 Å². The summed E-state index contributed by atoms with van der Waals surface area (Å²) < 4.78 is 17.9. The molecule has 4 aliphatic heterocycles. The number of ether oxygens (including phenoxy) is 3. The summed E-state index contributed by atoms with van der Waals surface area (Å²) >= 11 is 0. The second-order valence-corrected chi connectivity index (χ2v) is 11.3. The fourth-order valence-corrected chi connectivity index (χ4v) is 6.29. The highest BCUT2D eigenvalue weighted by Crippen LogP contribution is 2.42. The van der Waals surface area contributed by atoms with E-state index in [1.54, 1.807) is 35.5 Å². The van der Waals surface area contributed by atoms with Crippen LogP contribution in [0.25, 0.3) is 16.8 Å². The molecule has 45 heavy (non-hydrogen) atoms. The second kappa shape index (κ2) is 11.2. The van der Waals surface area contributed by atoms with Crippen LogP contribution in [0, 0.1) is 11.3 Å². The van der Waals surface area contributed by atoms with E-state index in [0.29, 0.717) is 66.8 Å². The van der Waals surface area contributed by atoms with Crippen molar-refractivity contribution in [3.8, 4) is 29.0 Å². The molecule has 4 aliphatic rings. The Balaban J connectivity index is 1.11. The number of piperazine rings is 1. The van der Waals surface area contributed by atoms with Crippen LogP contribution in [0.4, 0.5) is 5.82 Å². The maximum Gasteiger partial charge on any atom is 0.255 e. The number of anilines is 1. The van der Waals surface area contributed by atoms with Crippen molar-refractivity contribution in [3.63, 3.8) is 0 Å². The summed E-state index contributed by atoms with van der Waals surface area (Å²) in [6.07, 6.45) is 7.59. The highest BCUT2D eigenvalue weighted by molar-refractivity contribution is 6.13. The molecule has 4 fully saturated rings. The zero-order valence-corrected chi connectivity index (χ0v) is 24.3. The molecule has 0 saturated carbocycles. The Morgan fingerprint density at radius 1 is 1.11 bits per heavy atom. The Kier molecular flexibility index (Phi) is 7.31. The molecule has 8 rings (SSSR count). The summed E-state index contributed by atoms with van der Waals surface area (Å²) in [7, 11) is 7.59. The van der Waals surface area contributed by atoms with Crippen molar-refractivity contribution >= 4 is 19.2 Å². The minimum Gasteiger partial charge on any atom is -0.481 e. The van der Waals surface area contributed by atoms with E-state index in [0.717, 1.165) is 6.42 Å². The van der Waals surface area contributed by atoms with Crippen LogP contribution in [0.3, 0.4) is 0 Å². The van der Waals surface area contributed by atoms with E-state index in [1.165, 1.54) is 30.2 Å². The fourth-order valence-electron chi connectivity index (χ4n) is 6.29. The molecule has 4 saturated heterocycles. The first kappa shape index (κ1) is 29.4. The number of hydrogen-bond acceptors (Lipinski definition) is 14. The first-order valence-electron chi connectivity index (χ1n) is 14.4. The van der Waals surface area contributed by atoms with Gasteiger partial charge in [0.1, 0.15) is 23.7 Å². The standard InChI is InChI=1S/C29H30BN9O6/c1-43-26-3-2-18(10-35-26)29(41,42)39-19-6-20(39)15-37(14-19)25-13-33-23(11-34-25)22-7-21(16-38-27(22)17(8-31)9-36-38)45-28(30,40)24-12-32-4-5-44-24/h2-3,7,9-11,13,16,19-20,24,32,40-42H,4-6,12,14-15H2,1H3. The molecule has 2 radical (unpaired) electrons. The maximum atomic E-state index is 11.1. The molecule has 2 bridgehead atoms. The summed E-state index contributed by atoms with van der Waals surface area (Å²) in [4.78, 5) is 17.2. The third-order valence-electron chi connectivity index (χ3n) is 8.50. The Bertz CT molecular complexity index is 1730. The van der Waals surface area contributed by atoms with Crippen LogP contribution in [0.5, 0.6) is 11.6 Å². The van der Waals surface area contributed by atoms with E-state index in [4.69, 9.17) is 22.1 Å². The molecule has 15 nitrogen and oxygen atoms in total. The fraction of sp³-hybridized carbons (Fsp3) is 0.414. The number of rotatable bonds is 8. The topological polar surface area (TPSA) is 187 Å². The van der Waals surface area contributed by atoms with Crippen molar-refractivity contribution in [2.24, 2.45) is 0 Å². The number of nitrogens with one attached hydrogen (secondary N) is 1. The van der Waals surface area contributed by atoms with Crippen LogP contribution in [0.1, 0.15) is 17.5 Å². The van der Waals surface area contributed by atoms with Gasteiger partial charge in [-0.3, -0.25) is 4.98 Å². The average molecular weight is 611 g/mol. The minimum atomic E-state index is -2.17. The predicted molar refractivity (Wildman–Crippen MR) is 158 cm³/mol. The van der Waals surface area contributed by atoms with Crippen LogP contribution in [0.2, 0.25) is 0 Å². The van der Waals surface area contributed by atoms with E-state index in [9.17, 15) is 20.6 Å². The monoisotopic (exact) mass is 611 g/mol. The number of fused-ring (bicyclic) bond motifs is 3. The van der Waals surface area contributed by atoms with Gasteiger partial charge in [0, 0.05) is 61.7 Å². The number of piperidine rings is 1. The summed E-state index contributed by atoms with van der Waals surface area (Å²) in [5, 5.41) is 50.1. The zero-order chi connectivity index (χ0) is 31.3. The molecule has 4 unspecified atom stereocenters. The number of aliphatic hydroxyl groups is 3. The molecule has 4 N–H and O–H groups in total. The molecule has 4 atom stereocenters. The van der Waals surface area contributed by atoms with E-state index in [-0.39, 0.29) is 23.4 Å². The van der Waals surface area contributed by atoms with Crippen LogP contribution in [-0.4, -0.2) is 116 Å². The van der Waals surface area contributed by atoms with Crippen LogP contribution in [-0.2, 0) is 10.6 Å². The molecule has 4 aromatic heterocycles. The number of hydrogen-bond donors (Lipinski definition) is 4. The van der Waals surface area contributed by atoms with Gasteiger partial charge in [0.15, 0.2) is 13.5 Å². The van der Waals surface area contributed by atoms with Gasteiger partial charge in [-0.1, -0.05) is 0 Å². The normalized spacial score (nSPS) is 23.2. The van der Waals surface area contributed by atoms with Crippen LogP contribution in [0.15, 0.2) is 49.2 Å². The second-order valence-electron chi connectivity index (χ2n) is 11.3. The van der Waals surface area contributed by atoms with Gasteiger partial charge >= 0.3 is 0 Å². The molecule has 4 aromatic rings. The molecule has 0 spiro atoms. The Morgan fingerprint density at radius 3 is 2.58 bits per heavy atom. The van der Waals surface area contributed by atoms with E-state index in [1.807, 2.05) is 0 Å². The molecule has 230 valence electrons. The lowest BCUT2D eigenvalue weighted by atomic mass is 9.85. The van der Waals surface area contributed by atoms with Gasteiger partial charge < -0.3 is 39.7 Å². The van der Waals surface area contributed by atoms with Gasteiger partial charge in [-0.05, 0) is 18.6 Å². The van der Waals surface area contributed by atoms with Crippen molar-refractivity contribution in [1.29, 1.82) is 5.26 Å². The zero-order valence-electron chi connectivity index (χ0n) is 24.3. The van der Waals surface area contributed by atoms with Gasteiger partial charge in [-0.25, -0.2) is 19.4 Å². The minimum absolute atomic E-state index is 0.126. The maximum absolute atomic E-state index is 11.1.